The van der Waals surface area contributed by atoms with Crippen molar-refractivity contribution in [3.63, 3.8) is 0 Å². The largest absolute Gasteiger partial charge is 0.282 e. The summed E-state index contributed by atoms with van der Waals surface area (Å²) in [7, 11) is 0. The topological polar surface area (TPSA) is 52.7 Å². The molecule has 2 heterocycles. The van der Waals surface area contributed by atoms with E-state index in [0.717, 1.165) is 11.4 Å². The van der Waals surface area contributed by atoms with Crippen LogP contribution in [-0.2, 0) is 0 Å². The van der Waals surface area contributed by atoms with E-state index in [9.17, 15) is 4.79 Å². The molecular formula is C17H12N4O. The molecule has 0 unspecified atom stereocenters. The van der Waals surface area contributed by atoms with Crippen LogP contribution in [0.3, 0.4) is 0 Å². The third kappa shape index (κ3) is 1.91. The van der Waals surface area contributed by atoms with Gasteiger partial charge in [-0.25, -0.2) is 4.68 Å². The standard InChI is InChI=1S/C17H12N4O/c22-17-15-11-18-20(13-7-3-1-4-8-13)16(15)12-19-21(17)14-9-5-2-6-10-14/h1-12H. The predicted molar refractivity (Wildman–Crippen MR) is 84.5 cm³/mol. The normalized spacial score (nSPS) is 10.9. The Morgan fingerprint density at radius 1 is 0.682 bits per heavy atom. The highest BCUT2D eigenvalue weighted by Gasteiger charge is 2.11. The summed E-state index contributed by atoms with van der Waals surface area (Å²) in [6.07, 6.45) is 3.26. The van der Waals surface area contributed by atoms with Crippen molar-refractivity contribution < 1.29 is 0 Å². The van der Waals surface area contributed by atoms with Gasteiger partial charge in [-0.15, -0.1) is 0 Å². The third-order valence-electron chi connectivity index (χ3n) is 3.53. The smallest absolute Gasteiger partial charge is 0.267 e. The second-order valence-electron chi connectivity index (χ2n) is 4.89. The fraction of sp³-hybridized carbons (Fsp3) is 0. The van der Waals surface area contributed by atoms with Crippen molar-refractivity contribution in [2.75, 3.05) is 0 Å². The molecule has 0 radical (unpaired) electrons. The van der Waals surface area contributed by atoms with E-state index in [1.54, 1.807) is 17.1 Å². The first-order valence-electron chi connectivity index (χ1n) is 6.91. The molecule has 0 bridgehead atoms. The Bertz CT molecular complexity index is 988. The van der Waals surface area contributed by atoms with Gasteiger partial charge < -0.3 is 0 Å². The molecule has 0 fully saturated rings. The SMILES string of the molecule is O=c1c2cnn(-c3ccccc3)c2cnn1-c1ccccc1. The zero-order chi connectivity index (χ0) is 14.9. The minimum atomic E-state index is -0.175. The monoisotopic (exact) mass is 288 g/mol. The summed E-state index contributed by atoms with van der Waals surface area (Å²) in [5.41, 5.74) is 2.16. The van der Waals surface area contributed by atoms with Crippen LogP contribution in [0.15, 0.2) is 77.9 Å². The molecule has 0 aliphatic heterocycles. The van der Waals surface area contributed by atoms with Crippen LogP contribution in [-0.4, -0.2) is 19.6 Å². The van der Waals surface area contributed by atoms with Gasteiger partial charge in [-0.3, -0.25) is 4.79 Å². The van der Waals surface area contributed by atoms with Crippen LogP contribution in [0, 0.1) is 0 Å². The summed E-state index contributed by atoms with van der Waals surface area (Å²) < 4.78 is 3.11. The minimum absolute atomic E-state index is 0.175. The summed E-state index contributed by atoms with van der Waals surface area (Å²) in [5.74, 6) is 0. The van der Waals surface area contributed by atoms with Crippen molar-refractivity contribution in [2.24, 2.45) is 0 Å². The number of para-hydroxylation sites is 2. The van der Waals surface area contributed by atoms with Gasteiger partial charge in [0.05, 0.1) is 34.7 Å². The van der Waals surface area contributed by atoms with Gasteiger partial charge in [-0.1, -0.05) is 36.4 Å². The maximum absolute atomic E-state index is 12.6. The molecule has 22 heavy (non-hydrogen) atoms. The summed E-state index contributed by atoms with van der Waals surface area (Å²) in [4.78, 5) is 12.6. The van der Waals surface area contributed by atoms with Crippen LogP contribution in [0.1, 0.15) is 0 Å². The van der Waals surface area contributed by atoms with E-state index in [1.807, 2.05) is 60.7 Å². The van der Waals surface area contributed by atoms with E-state index >= 15 is 0 Å². The number of nitrogens with zero attached hydrogens (tertiary/aromatic N) is 4. The van der Waals surface area contributed by atoms with Gasteiger partial charge in [0.15, 0.2) is 0 Å². The lowest BCUT2D eigenvalue weighted by Crippen LogP contribution is -2.20. The number of hydrogen-bond acceptors (Lipinski definition) is 3. The number of hydrogen-bond donors (Lipinski definition) is 0. The first-order valence-corrected chi connectivity index (χ1v) is 6.91. The van der Waals surface area contributed by atoms with Crippen LogP contribution in [0.25, 0.3) is 22.3 Å². The quantitative estimate of drug-likeness (QED) is 0.569. The summed E-state index contributed by atoms with van der Waals surface area (Å²) in [6.45, 7) is 0. The van der Waals surface area contributed by atoms with Crippen molar-refractivity contribution in [2.45, 2.75) is 0 Å². The first-order chi connectivity index (χ1) is 10.8. The predicted octanol–water partition coefficient (Wildman–Crippen LogP) is 2.57. The van der Waals surface area contributed by atoms with E-state index in [2.05, 4.69) is 10.2 Å². The Morgan fingerprint density at radius 3 is 1.86 bits per heavy atom. The molecule has 0 amide bonds. The molecule has 5 nitrogen and oxygen atoms in total. The van der Waals surface area contributed by atoms with Gasteiger partial charge in [0.25, 0.3) is 5.56 Å². The molecule has 2 aromatic carbocycles. The number of fused-ring (bicyclic) bond motifs is 1. The van der Waals surface area contributed by atoms with Crippen LogP contribution >= 0.6 is 0 Å². The third-order valence-corrected chi connectivity index (χ3v) is 3.53. The number of aromatic nitrogens is 4. The molecule has 0 atom stereocenters. The summed E-state index contributed by atoms with van der Waals surface area (Å²) in [6, 6.07) is 19.0. The van der Waals surface area contributed by atoms with E-state index in [-0.39, 0.29) is 5.56 Å². The maximum Gasteiger partial charge on any atom is 0.282 e. The molecule has 0 N–H and O–H groups in total. The molecule has 0 saturated heterocycles. The summed E-state index contributed by atoms with van der Waals surface area (Å²) >= 11 is 0. The van der Waals surface area contributed by atoms with Crippen molar-refractivity contribution in [3.05, 3.63) is 83.4 Å². The lowest BCUT2D eigenvalue weighted by Gasteiger charge is -2.05. The first kappa shape index (κ1) is 12.5. The zero-order valence-corrected chi connectivity index (χ0v) is 11.6. The average Bonchev–Trinajstić information content (AvgIpc) is 3.02. The molecular weight excluding hydrogens is 276 g/mol. The van der Waals surface area contributed by atoms with Crippen molar-refractivity contribution in [1.29, 1.82) is 0 Å². The van der Waals surface area contributed by atoms with Crippen molar-refractivity contribution in [1.82, 2.24) is 19.6 Å². The van der Waals surface area contributed by atoms with E-state index in [0.29, 0.717) is 10.9 Å². The fourth-order valence-electron chi connectivity index (χ4n) is 2.45. The highest BCUT2D eigenvalue weighted by molar-refractivity contribution is 5.78. The Balaban J connectivity index is 1.94. The molecule has 0 aliphatic rings. The zero-order valence-electron chi connectivity index (χ0n) is 11.6. The van der Waals surface area contributed by atoms with Gasteiger partial charge in [-0.2, -0.15) is 14.9 Å². The van der Waals surface area contributed by atoms with E-state index < -0.39 is 0 Å². The highest BCUT2D eigenvalue weighted by Crippen LogP contribution is 2.15. The van der Waals surface area contributed by atoms with Gasteiger partial charge in [0.1, 0.15) is 0 Å². The highest BCUT2D eigenvalue weighted by atomic mass is 16.1. The number of benzene rings is 2. The van der Waals surface area contributed by atoms with E-state index in [1.165, 1.54) is 4.68 Å². The average molecular weight is 288 g/mol. The van der Waals surface area contributed by atoms with Crippen LogP contribution < -0.4 is 5.56 Å². The van der Waals surface area contributed by atoms with Gasteiger partial charge in [0, 0.05) is 0 Å². The molecule has 0 saturated carbocycles. The van der Waals surface area contributed by atoms with Gasteiger partial charge in [-0.05, 0) is 24.3 Å². The van der Waals surface area contributed by atoms with Crippen molar-refractivity contribution >= 4 is 10.9 Å². The number of rotatable bonds is 2. The summed E-state index contributed by atoms with van der Waals surface area (Å²) in [5, 5.41) is 9.15. The maximum atomic E-state index is 12.6. The van der Waals surface area contributed by atoms with E-state index in [4.69, 9.17) is 0 Å². The Morgan fingerprint density at radius 2 is 1.23 bits per heavy atom. The Kier molecular flexibility index (Phi) is 2.83. The lowest BCUT2D eigenvalue weighted by atomic mass is 10.3. The molecule has 2 aromatic heterocycles. The lowest BCUT2D eigenvalue weighted by molar-refractivity contribution is 0.816. The van der Waals surface area contributed by atoms with Gasteiger partial charge in [0.2, 0.25) is 0 Å². The Hall–Kier alpha value is -3.21. The minimum Gasteiger partial charge on any atom is -0.267 e. The second kappa shape index (κ2) is 4.96. The van der Waals surface area contributed by atoms with Crippen LogP contribution in [0.4, 0.5) is 0 Å². The molecule has 0 aliphatic carbocycles. The molecule has 106 valence electrons. The van der Waals surface area contributed by atoms with Crippen molar-refractivity contribution in [3.8, 4) is 11.4 Å². The fourth-order valence-corrected chi connectivity index (χ4v) is 2.45. The Labute approximate surface area is 126 Å². The molecule has 4 aromatic rings. The second-order valence-corrected chi connectivity index (χ2v) is 4.89. The molecule has 0 spiro atoms. The molecule has 5 heteroatoms. The van der Waals surface area contributed by atoms with Crippen LogP contribution in [0.2, 0.25) is 0 Å². The van der Waals surface area contributed by atoms with Crippen LogP contribution in [0.5, 0.6) is 0 Å². The van der Waals surface area contributed by atoms with Gasteiger partial charge >= 0.3 is 0 Å². The molecule has 4 rings (SSSR count).